The maximum atomic E-state index is 10.8. The second-order valence-electron chi connectivity index (χ2n) is 4.59. The summed E-state index contributed by atoms with van der Waals surface area (Å²) in [6.45, 7) is 0. The monoisotopic (exact) mass is 452 g/mol. The molecule has 0 fully saturated rings. The summed E-state index contributed by atoms with van der Waals surface area (Å²) in [4.78, 5) is 43.2. The molecule has 10 nitrogen and oxygen atoms in total. The number of hydrogen-bond donors (Lipinski definition) is 6. The Labute approximate surface area is 308 Å². The van der Waals surface area contributed by atoms with Crippen molar-refractivity contribution < 1.29 is 39.6 Å². The molecule has 0 saturated heterocycles. The average Bonchev–Trinajstić information content (AvgIpc) is 2.10. The van der Waals surface area contributed by atoms with Crippen LogP contribution in [0, 0.1) is 0 Å². The number of hydrogen-bond acceptors (Lipinski definition) is 6. The van der Waals surface area contributed by atoms with Crippen LogP contribution in [0.4, 0.5) is 0 Å². The van der Waals surface area contributed by atoms with E-state index in [2.05, 4.69) is 0 Å². The van der Waals surface area contributed by atoms with Crippen LogP contribution in [0.2, 0.25) is 0 Å². The maximum absolute atomic E-state index is 10.8. The minimum atomic E-state index is -2.22. The molecule has 0 aromatic heterocycles. The van der Waals surface area contributed by atoms with Crippen LogP contribution in [0.15, 0.2) is 0 Å². The SMILES string of the molecule is NC(CC(=O)O)(CC(=O)O)C(N)(CC(=O)O)CC(=O)O.[KH].[KH].[KH].[KH]. The van der Waals surface area contributed by atoms with E-state index in [4.69, 9.17) is 31.9 Å². The Bertz CT molecular complexity index is 377. The molecule has 0 bridgehead atoms. The molecule has 0 saturated carbocycles. The fraction of sp³-hybridized carbons (Fsp3) is 0.600. The minimum absolute atomic E-state index is 0. The third kappa shape index (κ3) is 15.2. The molecule has 0 atom stereocenters. The summed E-state index contributed by atoms with van der Waals surface area (Å²) in [5, 5.41) is 35.1. The van der Waals surface area contributed by atoms with Crippen LogP contribution < -0.4 is 11.5 Å². The molecule has 0 amide bonds. The number of rotatable bonds is 9. The van der Waals surface area contributed by atoms with Crippen LogP contribution in [-0.2, 0) is 19.2 Å². The zero-order chi connectivity index (χ0) is 16.1. The summed E-state index contributed by atoms with van der Waals surface area (Å²) in [6, 6.07) is 0. The molecule has 0 rings (SSSR count). The van der Waals surface area contributed by atoms with Crippen molar-refractivity contribution in [3.8, 4) is 0 Å². The first-order valence-corrected chi connectivity index (χ1v) is 5.37. The quantitative estimate of drug-likeness (QED) is 0.186. The average molecular weight is 453 g/mol. The van der Waals surface area contributed by atoms with E-state index in [-0.39, 0.29) is 206 Å². The van der Waals surface area contributed by atoms with E-state index in [1.54, 1.807) is 0 Å². The molecule has 0 heterocycles. The second kappa shape index (κ2) is 18.1. The van der Waals surface area contributed by atoms with Crippen LogP contribution in [0.1, 0.15) is 25.7 Å². The third-order valence-corrected chi connectivity index (χ3v) is 2.86. The van der Waals surface area contributed by atoms with Gasteiger partial charge in [0.2, 0.25) is 0 Å². The fourth-order valence-electron chi connectivity index (χ4n) is 1.91. The third-order valence-electron chi connectivity index (χ3n) is 2.86. The Morgan fingerprint density at radius 1 is 0.542 bits per heavy atom. The number of aliphatic carboxylic acids is 4. The van der Waals surface area contributed by atoms with Crippen LogP contribution >= 0.6 is 0 Å². The van der Waals surface area contributed by atoms with Gasteiger partial charge in [0.25, 0.3) is 0 Å². The molecule has 0 aliphatic rings. The topological polar surface area (TPSA) is 201 Å². The van der Waals surface area contributed by atoms with E-state index >= 15 is 0 Å². The normalized spacial score (nSPS) is 9.92. The van der Waals surface area contributed by atoms with Gasteiger partial charge in [-0.1, -0.05) is 0 Å². The van der Waals surface area contributed by atoms with Gasteiger partial charge in [0.15, 0.2) is 0 Å². The predicted molar refractivity (Wildman–Crippen MR) is 91.4 cm³/mol. The standard InChI is InChI=1S/C10H16N2O8.4K.4H/c11-9(1-5(13)14,2-6(15)16)10(12,3-7(17)18)4-8(19)20;;;;;;;;/h1-4,11-12H2,(H,13,14)(H,15,16)(H,17,18)(H,19,20);;;;;;;;. The van der Waals surface area contributed by atoms with Gasteiger partial charge in [-0.15, -0.1) is 0 Å². The Hall–Kier alpha value is 4.35. The van der Waals surface area contributed by atoms with Gasteiger partial charge in [0.1, 0.15) is 0 Å². The first-order chi connectivity index (χ1) is 8.92. The van der Waals surface area contributed by atoms with Gasteiger partial charge in [-0.25, -0.2) is 0 Å². The van der Waals surface area contributed by atoms with Crippen molar-refractivity contribution in [3.63, 3.8) is 0 Å². The van der Waals surface area contributed by atoms with Crippen molar-refractivity contribution in [2.75, 3.05) is 0 Å². The van der Waals surface area contributed by atoms with Gasteiger partial charge in [-0.3, -0.25) is 19.2 Å². The molecular formula is C10H20K4N2O8. The van der Waals surface area contributed by atoms with Gasteiger partial charge in [-0.05, 0) is 0 Å². The molecule has 0 unspecified atom stereocenters. The Balaban J connectivity index is -0.000000301. The number of carboxylic acid groups (broad SMARTS) is 4. The Kier molecular flexibility index (Phi) is 29.4. The van der Waals surface area contributed by atoms with E-state index in [0.29, 0.717) is 0 Å². The van der Waals surface area contributed by atoms with Crippen molar-refractivity contribution in [2.24, 2.45) is 11.5 Å². The molecule has 0 radical (unpaired) electrons. The fourth-order valence-corrected chi connectivity index (χ4v) is 1.91. The molecule has 24 heavy (non-hydrogen) atoms. The molecule has 0 aliphatic heterocycles. The van der Waals surface area contributed by atoms with E-state index in [1.807, 2.05) is 0 Å². The predicted octanol–water partition coefficient (Wildman–Crippen LogP) is -4.31. The van der Waals surface area contributed by atoms with Crippen LogP contribution in [0.5, 0.6) is 0 Å². The van der Waals surface area contributed by atoms with E-state index < -0.39 is 60.6 Å². The zero-order valence-electron chi connectivity index (χ0n) is 10.4. The summed E-state index contributed by atoms with van der Waals surface area (Å²) in [7, 11) is 0. The van der Waals surface area contributed by atoms with E-state index in [0.717, 1.165) is 0 Å². The van der Waals surface area contributed by atoms with Crippen molar-refractivity contribution in [3.05, 3.63) is 0 Å². The van der Waals surface area contributed by atoms with Gasteiger partial charge in [-0.2, -0.15) is 0 Å². The molecule has 0 aromatic rings. The zero-order valence-corrected chi connectivity index (χ0v) is 10.4. The molecule has 0 aromatic carbocycles. The van der Waals surface area contributed by atoms with Gasteiger partial charge in [0, 0.05) is 0 Å². The van der Waals surface area contributed by atoms with Crippen molar-refractivity contribution in [1.82, 2.24) is 0 Å². The molecule has 122 valence electrons. The summed E-state index contributed by atoms with van der Waals surface area (Å²) in [5.74, 6) is -6.06. The van der Waals surface area contributed by atoms with Gasteiger partial charge in [0.05, 0.1) is 36.8 Å². The van der Waals surface area contributed by atoms with Crippen LogP contribution in [0.3, 0.4) is 0 Å². The number of carboxylic acids is 4. The van der Waals surface area contributed by atoms with Crippen molar-refractivity contribution in [1.29, 1.82) is 0 Å². The van der Waals surface area contributed by atoms with Crippen molar-refractivity contribution in [2.45, 2.75) is 36.8 Å². The van der Waals surface area contributed by atoms with Crippen molar-refractivity contribution >= 4 is 229 Å². The Morgan fingerprint density at radius 2 is 0.667 bits per heavy atom. The summed E-state index contributed by atoms with van der Waals surface area (Å²) < 4.78 is 0. The second-order valence-corrected chi connectivity index (χ2v) is 4.59. The Morgan fingerprint density at radius 3 is 0.750 bits per heavy atom. The first kappa shape index (κ1) is 38.9. The molecule has 0 spiro atoms. The van der Waals surface area contributed by atoms with E-state index in [1.165, 1.54) is 0 Å². The summed E-state index contributed by atoms with van der Waals surface area (Å²) in [6.07, 6.45) is -3.90. The van der Waals surface area contributed by atoms with Crippen LogP contribution in [-0.4, -0.2) is 261 Å². The van der Waals surface area contributed by atoms with Crippen LogP contribution in [0.25, 0.3) is 0 Å². The van der Waals surface area contributed by atoms with Gasteiger partial charge < -0.3 is 31.9 Å². The molecular weight excluding hydrogens is 433 g/mol. The molecule has 8 N–H and O–H groups in total. The first-order valence-electron chi connectivity index (χ1n) is 5.37. The summed E-state index contributed by atoms with van der Waals surface area (Å²) in [5.41, 5.74) is 6.88. The summed E-state index contributed by atoms with van der Waals surface area (Å²) >= 11 is 0. The number of carbonyl (C=O) groups is 4. The molecule has 0 aliphatic carbocycles. The number of nitrogens with two attached hydrogens (primary N) is 2. The van der Waals surface area contributed by atoms with E-state index in [9.17, 15) is 19.2 Å². The molecule has 14 heteroatoms. The van der Waals surface area contributed by atoms with Gasteiger partial charge >= 0.3 is 229 Å².